The summed E-state index contributed by atoms with van der Waals surface area (Å²) < 4.78 is 6.95. The minimum atomic E-state index is 0.260. The van der Waals surface area contributed by atoms with Crippen LogP contribution in [0.2, 0.25) is 0 Å². The molecule has 0 spiro atoms. The average molecular weight is 232 g/mol. The maximum Gasteiger partial charge on any atom is 0.137 e. The molecule has 0 saturated carbocycles. The van der Waals surface area contributed by atoms with Crippen molar-refractivity contribution in [2.24, 2.45) is 0 Å². The molecule has 1 atom stereocenters. The van der Waals surface area contributed by atoms with Gasteiger partial charge in [0.15, 0.2) is 0 Å². The predicted molar refractivity (Wildman–Crippen MR) is 66.1 cm³/mol. The third-order valence-corrected chi connectivity index (χ3v) is 2.39. The largest absolute Gasteiger partial charge is 0.495 e. The number of pyridine rings is 1. The van der Waals surface area contributed by atoms with E-state index in [1.54, 1.807) is 19.5 Å². The van der Waals surface area contributed by atoms with Crippen LogP contribution in [-0.2, 0) is 6.54 Å². The Bertz CT molecular complexity index is 438. The van der Waals surface area contributed by atoms with Crippen LogP contribution < -0.4 is 10.1 Å². The van der Waals surface area contributed by atoms with Gasteiger partial charge in [0.05, 0.1) is 19.9 Å². The standard InChI is InChI=1S/C12H16N4O/c1-10(9-16-7-3-6-14-16)15-12-5-4-11(17-2)8-13-12/h3-8,10H,9H2,1-2H3,(H,13,15). The molecule has 0 aliphatic carbocycles. The Hall–Kier alpha value is -2.04. The smallest absolute Gasteiger partial charge is 0.137 e. The predicted octanol–water partition coefficient (Wildman–Crippen LogP) is 1.79. The van der Waals surface area contributed by atoms with E-state index in [1.165, 1.54) is 0 Å². The summed E-state index contributed by atoms with van der Waals surface area (Å²) in [7, 11) is 1.63. The van der Waals surface area contributed by atoms with Crippen LogP contribution in [0.4, 0.5) is 5.82 Å². The first kappa shape index (κ1) is 11.4. The zero-order valence-corrected chi connectivity index (χ0v) is 10.00. The van der Waals surface area contributed by atoms with Gasteiger partial charge in [0.2, 0.25) is 0 Å². The monoisotopic (exact) mass is 232 g/mol. The number of nitrogens with one attached hydrogen (secondary N) is 1. The fraction of sp³-hybridized carbons (Fsp3) is 0.333. The van der Waals surface area contributed by atoms with Crippen LogP contribution >= 0.6 is 0 Å². The minimum absolute atomic E-state index is 0.260. The maximum atomic E-state index is 5.05. The molecule has 5 nitrogen and oxygen atoms in total. The molecule has 2 aromatic heterocycles. The summed E-state index contributed by atoms with van der Waals surface area (Å²) in [5.41, 5.74) is 0. The molecule has 0 aliphatic heterocycles. The van der Waals surface area contributed by atoms with E-state index in [4.69, 9.17) is 4.74 Å². The second-order valence-corrected chi connectivity index (χ2v) is 3.86. The molecule has 1 unspecified atom stereocenters. The Morgan fingerprint density at radius 1 is 1.47 bits per heavy atom. The van der Waals surface area contributed by atoms with E-state index in [0.717, 1.165) is 18.1 Å². The molecule has 0 aromatic carbocycles. The van der Waals surface area contributed by atoms with Crippen LogP contribution in [0.15, 0.2) is 36.8 Å². The zero-order valence-electron chi connectivity index (χ0n) is 10.00. The first-order valence-electron chi connectivity index (χ1n) is 5.52. The van der Waals surface area contributed by atoms with Gasteiger partial charge < -0.3 is 10.1 Å². The van der Waals surface area contributed by atoms with Crippen LogP contribution in [0, 0.1) is 0 Å². The highest BCUT2D eigenvalue weighted by Gasteiger charge is 2.04. The van der Waals surface area contributed by atoms with Crippen molar-refractivity contribution in [2.45, 2.75) is 19.5 Å². The lowest BCUT2D eigenvalue weighted by molar-refractivity contribution is 0.413. The molecule has 17 heavy (non-hydrogen) atoms. The highest BCUT2D eigenvalue weighted by Crippen LogP contribution is 2.12. The Kier molecular flexibility index (Phi) is 3.59. The summed E-state index contributed by atoms with van der Waals surface area (Å²) in [6.45, 7) is 2.90. The zero-order chi connectivity index (χ0) is 12.1. The van der Waals surface area contributed by atoms with Gasteiger partial charge in [-0.15, -0.1) is 0 Å². The maximum absolute atomic E-state index is 5.05. The molecule has 0 amide bonds. The molecule has 5 heteroatoms. The quantitative estimate of drug-likeness (QED) is 0.853. The van der Waals surface area contributed by atoms with Crippen LogP contribution in [0.5, 0.6) is 5.75 Å². The summed E-state index contributed by atoms with van der Waals surface area (Å²) in [6.07, 6.45) is 5.42. The van der Waals surface area contributed by atoms with Gasteiger partial charge in [-0.25, -0.2) is 4.98 Å². The molecule has 1 N–H and O–H groups in total. The Balaban J connectivity index is 1.91. The molecule has 2 aromatic rings. The Morgan fingerprint density at radius 2 is 2.35 bits per heavy atom. The highest BCUT2D eigenvalue weighted by molar-refractivity contribution is 5.38. The van der Waals surface area contributed by atoms with E-state index in [0.29, 0.717) is 0 Å². The van der Waals surface area contributed by atoms with Gasteiger partial charge in [0.1, 0.15) is 11.6 Å². The average Bonchev–Trinajstić information content (AvgIpc) is 2.82. The van der Waals surface area contributed by atoms with E-state index in [9.17, 15) is 0 Å². The molecule has 0 radical (unpaired) electrons. The molecule has 0 fully saturated rings. The lowest BCUT2D eigenvalue weighted by atomic mass is 10.3. The summed E-state index contributed by atoms with van der Waals surface area (Å²) in [5, 5.41) is 7.47. The summed E-state index contributed by atoms with van der Waals surface area (Å²) in [4.78, 5) is 4.25. The molecule has 2 rings (SSSR count). The summed E-state index contributed by atoms with van der Waals surface area (Å²) in [6, 6.07) is 5.96. The van der Waals surface area contributed by atoms with Gasteiger partial charge in [-0.3, -0.25) is 4.68 Å². The van der Waals surface area contributed by atoms with Crippen molar-refractivity contribution in [1.29, 1.82) is 0 Å². The number of rotatable bonds is 5. The highest BCUT2D eigenvalue weighted by atomic mass is 16.5. The summed E-state index contributed by atoms with van der Waals surface area (Å²) >= 11 is 0. The normalized spacial score (nSPS) is 12.1. The molecule has 0 saturated heterocycles. The van der Waals surface area contributed by atoms with E-state index in [1.807, 2.05) is 29.1 Å². The third kappa shape index (κ3) is 3.21. The van der Waals surface area contributed by atoms with Gasteiger partial charge in [-0.1, -0.05) is 0 Å². The first-order valence-corrected chi connectivity index (χ1v) is 5.52. The van der Waals surface area contributed by atoms with Crippen molar-refractivity contribution in [1.82, 2.24) is 14.8 Å². The van der Waals surface area contributed by atoms with Gasteiger partial charge in [0, 0.05) is 18.4 Å². The minimum Gasteiger partial charge on any atom is -0.495 e. The van der Waals surface area contributed by atoms with Crippen molar-refractivity contribution in [3.05, 3.63) is 36.8 Å². The van der Waals surface area contributed by atoms with Gasteiger partial charge >= 0.3 is 0 Å². The van der Waals surface area contributed by atoms with Crippen molar-refractivity contribution in [2.75, 3.05) is 12.4 Å². The molecule has 0 bridgehead atoms. The van der Waals surface area contributed by atoms with E-state index in [2.05, 4.69) is 22.3 Å². The Labute approximate surface area is 100 Å². The van der Waals surface area contributed by atoms with E-state index in [-0.39, 0.29) is 6.04 Å². The van der Waals surface area contributed by atoms with E-state index >= 15 is 0 Å². The molecule has 0 aliphatic rings. The fourth-order valence-corrected chi connectivity index (χ4v) is 1.57. The van der Waals surface area contributed by atoms with Crippen LogP contribution in [0.3, 0.4) is 0 Å². The number of nitrogens with zero attached hydrogens (tertiary/aromatic N) is 3. The van der Waals surface area contributed by atoms with Crippen molar-refractivity contribution in [3.8, 4) is 5.75 Å². The Morgan fingerprint density at radius 3 is 2.94 bits per heavy atom. The second-order valence-electron chi connectivity index (χ2n) is 3.86. The molecule has 2 heterocycles. The number of hydrogen-bond donors (Lipinski definition) is 1. The van der Waals surface area contributed by atoms with Gasteiger partial charge in [-0.2, -0.15) is 5.10 Å². The lowest BCUT2D eigenvalue weighted by Gasteiger charge is -2.14. The fourth-order valence-electron chi connectivity index (χ4n) is 1.57. The number of aromatic nitrogens is 3. The number of methoxy groups -OCH3 is 1. The summed E-state index contributed by atoms with van der Waals surface area (Å²) in [5.74, 6) is 1.60. The lowest BCUT2D eigenvalue weighted by Crippen LogP contribution is -2.22. The molecular weight excluding hydrogens is 216 g/mol. The van der Waals surface area contributed by atoms with Crippen LogP contribution in [0.1, 0.15) is 6.92 Å². The van der Waals surface area contributed by atoms with Gasteiger partial charge in [0.25, 0.3) is 0 Å². The molecule has 90 valence electrons. The third-order valence-electron chi connectivity index (χ3n) is 2.39. The topological polar surface area (TPSA) is 52.0 Å². The number of ether oxygens (including phenoxy) is 1. The van der Waals surface area contributed by atoms with Crippen LogP contribution in [-0.4, -0.2) is 27.9 Å². The van der Waals surface area contributed by atoms with Crippen molar-refractivity contribution in [3.63, 3.8) is 0 Å². The second kappa shape index (κ2) is 5.34. The van der Waals surface area contributed by atoms with Crippen molar-refractivity contribution >= 4 is 5.82 Å². The first-order chi connectivity index (χ1) is 8.28. The van der Waals surface area contributed by atoms with E-state index < -0.39 is 0 Å². The SMILES string of the molecule is COc1ccc(NC(C)Cn2cccn2)nc1. The van der Waals surface area contributed by atoms with Crippen molar-refractivity contribution < 1.29 is 4.74 Å². The number of anilines is 1. The van der Waals surface area contributed by atoms with Crippen LogP contribution in [0.25, 0.3) is 0 Å². The number of hydrogen-bond acceptors (Lipinski definition) is 4. The van der Waals surface area contributed by atoms with Gasteiger partial charge in [-0.05, 0) is 25.1 Å². The molecular formula is C12H16N4O.